The lowest BCUT2D eigenvalue weighted by Gasteiger charge is -2.13. The van der Waals surface area contributed by atoms with E-state index in [1.807, 2.05) is 24.4 Å². The number of nitrogens with zero attached hydrogens (tertiary/aromatic N) is 1. The highest BCUT2D eigenvalue weighted by atomic mass is 35.5. The first-order valence-electron chi connectivity index (χ1n) is 8.94. The second-order valence-electron chi connectivity index (χ2n) is 6.16. The van der Waals surface area contributed by atoms with Crippen molar-refractivity contribution in [3.05, 3.63) is 58.4 Å². The fourth-order valence-electron chi connectivity index (χ4n) is 2.71. The summed E-state index contributed by atoms with van der Waals surface area (Å²) in [5.41, 5.74) is 3.95. The molecule has 3 N–H and O–H groups in total. The number of aromatic nitrogens is 1. The zero-order valence-electron chi connectivity index (χ0n) is 15.4. The molecule has 0 fully saturated rings. The topological polar surface area (TPSA) is 99.5 Å². The number of carboxylic acids is 2. The van der Waals surface area contributed by atoms with E-state index in [1.165, 1.54) is 16.0 Å². The molecule has 1 aliphatic heterocycles. The maximum absolute atomic E-state index is 9.64. The Bertz CT molecular complexity index is 788. The molecular formula is C20H23ClN2O4S. The van der Waals surface area contributed by atoms with Gasteiger partial charge in [-0.05, 0) is 55.3 Å². The van der Waals surface area contributed by atoms with Gasteiger partial charge in [0.2, 0.25) is 0 Å². The number of carboxylic acid groups (broad SMARTS) is 2. The van der Waals surface area contributed by atoms with E-state index in [9.17, 15) is 9.59 Å². The number of aliphatic carboxylic acids is 2. The van der Waals surface area contributed by atoms with Crippen LogP contribution in [-0.2, 0) is 28.2 Å². The Balaban J connectivity index is 0.000000300. The van der Waals surface area contributed by atoms with Crippen LogP contribution >= 0.6 is 23.4 Å². The molecule has 2 heterocycles. The largest absolute Gasteiger partial charge is 0.481 e. The van der Waals surface area contributed by atoms with Crippen LogP contribution in [0.2, 0.25) is 5.02 Å². The number of nitrogens with one attached hydrogen (secondary N) is 1. The Labute approximate surface area is 173 Å². The van der Waals surface area contributed by atoms with E-state index in [-0.39, 0.29) is 12.8 Å². The zero-order valence-corrected chi connectivity index (χ0v) is 16.9. The third kappa shape index (κ3) is 7.50. The highest BCUT2D eigenvalue weighted by Crippen LogP contribution is 2.35. The van der Waals surface area contributed by atoms with Crippen molar-refractivity contribution in [2.75, 3.05) is 13.1 Å². The second kappa shape index (κ2) is 11.7. The predicted molar refractivity (Wildman–Crippen MR) is 110 cm³/mol. The van der Waals surface area contributed by atoms with E-state index < -0.39 is 11.9 Å². The molecule has 0 saturated carbocycles. The molecule has 1 aliphatic rings. The summed E-state index contributed by atoms with van der Waals surface area (Å²) in [6.07, 6.45) is 3.39. The molecule has 1 aromatic heterocycles. The molecule has 28 heavy (non-hydrogen) atoms. The molecule has 8 heteroatoms. The maximum Gasteiger partial charge on any atom is 0.303 e. The molecule has 1 aromatic carbocycles. The van der Waals surface area contributed by atoms with Crippen molar-refractivity contribution in [1.82, 2.24) is 10.3 Å². The number of benzene rings is 1. The Morgan fingerprint density at radius 3 is 2.43 bits per heavy atom. The Morgan fingerprint density at radius 1 is 1.07 bits per heavy atom. The van der Waals surface area contributed by atoms with Gasteiger partial charge in [0.05, 0.1) is 23.6 Å². The Morgan fingerprint density at radius 2 is 1.79 bits per heavy atom. The van der Waals surface area contributed by atoms with Crippen LogP contribution < -0.4 is 5.32 Å². The molecule has 0 unspecified atom stereocenters. The summed E-state index contributed by atoms with van der Waals surface area (Å²) >= 11 is 8.22. The Kier molecular flexibility index (Phi) is 9.27. The summed E-state index contributed by atoms with van der Waals surface area (Å²) < 4.78 is 0. The van der Waals surface area contributed by atoms with E-state index in [2.05, 4.69) is 22.4 Å². The number of pyridine rings is 1. The van der Waals surface area contributed by atoms with Crippen LogP contribution in [0.1, 0.15) is 29.7 Å². The quantitative estimate of drug-likeness (QED) is 0.611. The SMILES string of the molecule is Clc1ccc2c(c1SCc1ccccn1)CCNCC2.O=C(O)CCC(=O)O. The van der Waals surface area contributed by atoms with Crippen LogP contribution in [-0.4, -0.2) is 40.2 Å². The minimum Gasteiger partial charge on any atom is -0.481 e. The highest BCUT2D eigenvalue weighted by Gasteiger charge is 2.15. The average Bonchev–Trinajstić information content (AvgIpc) is 2.92. The smallest absolute Gasteiger partial charge is 0.303 e. The predicted octanol–water partition coefficient (Wildman–Crippen LogP) is 3.65. The second-order valence-corrected chi connectivity index (χ2v) is 7.55. The number of thioether (sulfide) groups is 1. The fourth-order valence-corrected chi connectivity index (χ4v) is 4.13. The van der Waals surface area contributed by atoms with Gasteiger partial charge in [-0.1, -0.05) is 23.7 Å². The minimum atomic E-state index is -1.08. The van der Waals surface area contributed by atoms with Crippen molar-refractivity contribution < 1.29 is 19.8 Å². The fraction of sp³-hybridized carbons (Fsp3) is 0.350. The summed E-state index contributed by atoms with van der Waals surface area (Å²) in [6, 6.07) is 10.2. The van der Waals surface area contributed by atoms with Gasteiger partial charge in [-0.3, -0.25) is 14.6 Å². The van der Waals surface area contributed by atoms with Gasteiger partial charge in [0.25, 0.3) is 0 Å². The van der Waals surface area contributed by atoms with Gasteiger partial charge in [-0.15, -0.1) is 11.8 Å². The van der Waals surface area contributed by atoms with Crippen LogP contribution in [0, 0.1) is 0 Å². The van der Waals surface area contributed by atoms with Gasteiger partial charge in [-0.2, -0.15) is 0 Å². The molecule has 0 saturated heterocycles. The lowest BCUT2D eigenvalue weighted by atomic mass is 10.0. The van der Waals surface area contributed by atoms with Gasteiger partial charge in [0, 0.05) is 16.8 Å². The zero-order chi connectivity index (χ0) is 20.4. The van der Waals surface area contributed by atoms with Crippen LogP contribution in [0.4, 0.5) is 0 Å². The normalized spacial score (nSPS) is 12.9. The summed E-state index contributed by atoms with van der Waals surface area (Å²) in [5.74, 6) is -1.29. The third-order valence-electron chi connectivity index (χ3n) is 4.08. The lowest BCUT2D eigenvalue weighted by Crippen LogP contribution is -2.16. The number of carbonyl (C=O) groups is 2. The van der Waals surface area contributed by atoms with Crippen molar-refractivity contribution in [2.24, 2.45) is 0 Å². The van der Waals surface area contributed by atoms with Crippen molar-refractivity contribution in [3.8, 4) is 0 Å². The van der Waals surface area contributed by atoms with Gasteiger partial charge < -0.3 is 15.5 Å². The van der Waals surface area contributed by atoms with Crippen molar-refractivity contribution in [3.63, 3.8) is 0 Å². The van der Waals surface area contributed by atoms with Crippen LogP contribution in [0.25, 0.3) is 0 Å². The number of fused-ring (bicyclic) bond motifs is 1. The molecule has 0 spiro atoms. The molecule has 0 bridgehead atoms. The van der Waals surface area contributed by atoms with Gasteiger partial charge in [-0.25, -0.2) is 0 Å². The van der Waals surface area contributed by atoms with E-state index in [1.54, 1.807) is 11.8 Å². The van der Waals surface area contributed by atoms with E-state index in [0.29, 0.717) is 0 Å². The first-order valence-corrected chi connectivity index (χ1v) is 10.3. The van der Waals surface area contributed by atoms with Gasteiger partial charge in [0.1, 0.15) is 0 Å². The summed E-state index contributed by atoms with van der Waals surface area (Å²) in [7, 11) is 0. The first-order chi connectivity index (χ1) is 13.5. The van der Waals surface area contributed by atoms with Gasteiger partial charge >= 0.3 is 11.9 Å². The lowest BCUT2D eigenvalue weighted by molar-refractivity contribution is -0.143. The highest BCUT2D eigenvalue weighted by molar-refractivity contribution is 7.98. The van der Waals surface area contributed by atoms with Crippen molar-refractivity contribution >= 4 is 35.3 Å². The van der Waals surface area contributed by atoms with Crippen LogP contribution in [0.5, 0.6) is 0 Å². The number of hydrogen-bond acceptors (Lipinski definition) is 5. The summed E-state index contributed by atoms with van der Waals surface area (Å²) in [6.45, 7) is 2.09. The molecule has 3 rings (SSSR count). The summed E-state index contributed by atoms with van der Waals surface area (Å²) in [4.78, 5) is 24.9. The summed E-state index contributed by atoms with van der Waals surface area (Å²) in [5, 5.41) is 20.1. The van der Waals surface area contributed by atoms with E-state index in [4.69, 9.17) is 21.8 Å². The molecular weight excluding hydrogens is 400 g/mol. The van der Waals surface area contributed by atoms with Crippen LogP contribution in [0.3, 0.4) is 0 Å². The molecule has 2 aromatic rings. The first kappa shape index (κ1) is 22.2. The molecule has 0 atom stereocenters. The number of rotatable bonds is 6. The monoisotopic (exact) mass is 422 g/mol. The molecule has 0 radical (unpaired) electrons. The molecule has 6 nitrogen and oxygen atoms in total. The van der Waals surface area contributed by atoms with E-state index >= 15 is 0 Å². The minimum absolute atomic E-state index is 0.296. The van der Waals surface area contributed by atoms with Gasteiger partial charge in [0.15, 0.2) is 0 Å². The standard InChI is InChI=1S/C16H17ClN2S.C4H6O4/c17-15-5-4-12-6-9-18-10-7-14(12)16(15)20-11-13-3-1-2-8-19-13;5-3(6)1-2-4(7)8/h1-5,8,18H,6-7,9-11H2;1-2H2,(H,5,6)(H,7,8). The van der Waals surface area contributed by atoms with E-state index in [0.717, 1.165) is 42.4 Å². The average molecular weight is 423 g/mol. The van der Waals surface area contributed by atoms with Crippen molar-refractivity contribution in [2.45, 2.75) is 36.3 Å². The van der Waals surface area contributed by atoms with Crippen molar-refractivity contribution in [1.29, 1.82) is 0 Å². The molecule has 0 amide bonds. The number of halogens is 1. The Hall–Kier alpha value is -2.09. The van der Waals surface area contributed by atoms with Crippen LogP contribution in [0.15, 0.2) is 41.4 Å². The third-order valence-corrected chi connectivity index (χ3v) is 5.70. The molecule has 150 valence electrons. The molecule has 0 aliphatic carbocycles. The number of hydrogen-bond donors (Lipinski definition) is 3. The maximum atomic E-state index is 9.64.